The number of rotatable bonds is 10. The predicted molar refractivity (Wildman–Crippen MR) is 111 cm³/mol. The molecular formula is C20H23NO8S. The first-order valence-corrected chi connectivity index (χ1v) is 10.5. The quantitative estimate of drug-likeness (QED) is 0.561. The second-order valence-electron chi connectivity index (χ2n) is 6.14. The molecule has 0 saturated heterocycles. The van der Waals surface area contributed by atoms with Gasteiger partial charge < -0.3 is 24.3 Å². The Balaban J connectivity index is 2.08. The van der Waals surface area contributed by atoms with Crippen molar-refractivity contribution in [3.05, 3.63) is 42.0 Å². The number of ketones is 1. The van der Waals surface area contributed by atoms with Gasteiger partial charge in [-0.3, -0.25) is 9.59 Å². The van der Waals surface area contributed by atoms with Crippen molar-refractivity contribution in [3.8, 4) is 23.0 Å². The molecule has 2 aromatic rings. The molecule has 0 spiro atoms. The SMILES string of the molecule is COc1ccc(C(=O)CS(=O)(=O)CC(=O)Nc2ccc(OC)c(OC)c2)c(OC)c1. The third kappa shape index (κ3) is 5.86. The zero-order chi connectivity index (χ0) is 22.3. The molecular weight excluding hydrogens is 414 g/mol. The highest BCUT2D eigenvalue weighted by Gasteiger charge is 2.24. The van der Waals surface area contributed by atoms with Crippen molar-refractivity contribution in [2.24, 2.45) is 0 Å². The van der Waals surface area contributed by atoms with E-state index in [4.69, 9.17) is 18.9 Å². The molecule has 0 aliphatic carbocycles. The van der Waals surface area contributed by atoms with Crippen LogP contribution in [0, 0.1) is 0 Å². The second-order valence-corrected chi connectivity index (χ2v) is 8.20. The van der Waals surface area contributed by atoms with Crippen molar-refractivity contribution in [2.45, 2.75) is 0 Å². The Labute approximate surface area is 174 Å². The highest BCUT2D eigenvalue weighted by molar-refractivity contribution is 7.92. The van der Waals surface area contributed by atoms with Gasteiger partial charge in [0.1, 0.15) is 23.0 Å². The minimum Gasteiger partial charge on any atom is -0.497 e. The maximum absolute atomic E-state index is 12.5. The summed E-state index contributed by atoms with van der Waals surface area (Å²) in [7, 11) is 1.70. The fourth-order valence-electron chi connectivity index (χ4n) is 2.67. The highest BCUT2D eigenvalue weighted by Crippen LogP contribution is 2.30. The lowest BCUT2D eigenvalue weighted by atomic mass is 10.1. The third-order valence-electron chi connectivity index (χ3n) is 4.08. The Morgan fingerprint density at radius 2 is 1.47 bits per heavy atom. The van der Waals surface area contributed by atoms with Crippen LogP contribution in [0.25, 0.3) is 0 Å². The van der Waals surface area contributed by atoms with Crippen LogP contribution in [0.5, 0.6) is 23.0 Å². The van der Waals surface area contributed by atoms with Gasteiger partial charge in [-0.15, -0.1) is 0 Å². The number of nitrogens with one attached hydrogen (secondary N) is 1. The monoisotopic (exact) mass is 437 g/mol. The molecule has 0 saturated carbocycles. The number of anilines is 1. The predicted octanol–water partition coefficient (Wildman–Crippen LogP) is 1.96. The van der Waals surface area contributed by atoms with Crippen LogP contribution in [0.15, 0.2) is 36.4 Å². The van der Waals surface area contributed by atoms with E-state index in [1.807, 2.05) is 0 Å². The highest BCUT2D eigenvalue weighted by atomic mass is 32.2. The zero-order valence-corrected chi connectivity index (χ0v) is 17.9. The number of hydrogen-bond acceptors (Lipinski definition) is 8. The van der Waals surface area contributed by atoms with Crippen molar-refractivity contribution in [1.29, 1.82) is 0 Å². The summed E-state index contributed by atoms with van der Waals surface area (Å²) in [6, 6.07) is 9.02. The van der Waals surface area contributed by atoms with E-state index in [0.717, 1.165) is 0 Å². The van der Waals surface area contributed by atoms with Crippen molar-refractivity contribution in [3.63, 3.8) is 0 Å². The second kappa shape index (κ2) is 9.97. The van der Waals surface area contributed by atoms with E-state index in [2.05, 4.69) is 5.32 Å². The largest absolute Gasteiger partial charge is 0.497 e. The molecule has 30 heavy (non-hydrogen) atoms. The van der Waals surface area contributed by atoms with Gasteiger partial charge in [0, 0.05) is 17.8 Å². The first kappa shape index (κ1) is 23.0. The van der Waals surface area contributed by atoms with Crippen LogP contribution in [0.1, 0.15) is 10.4 Å². The van der Waals surface area contributed by atoms with Crippen molar-refractivity contribution < 1.29 is 37.0 Å². The summed E-state index contributed by atoms with van der Waals surface area (Å²) in [6.07, 6.45) is 0. The molecule has 0 atom stereocenters. The van der Waals surface area contributed by atoms with E-state index in [9.17, 15) is 18.0 Å². The average molecular weight is 437 g/mol. The summed E-state index contributed by atoms with van der Waals surface area (Å²) in [5.41, 5.74) is 0.415. The maximum atomic E-state index is 12.5. The smallest absolute Gasteiger partial charge is 0.239 e. The van der Waals surface area contributed by atoms with Crippen LogP contribution in [-0.2, 0) is 14.6 Å². The van der Waals surface area contributed by atoms with Crippen LogP contribution in [0.2, 0.25) is 0 Å². The fraction of sp³-hybridized carbons (Fsp3) is 0.300. The van der Waals surface area contributed by atoms with Crippen LogP contribution in [0.3, 0.4) is 0 Å². The van der Waals surface area contributed by atoms with E-state index >= 15 is 0 Å². The number of benzene rings is 2. The van der Waals surface area contributed by atoms with Crippen molar-refractivity contribution >= 4 is 27.2 Å². The molecule has 0 aromatic heterocycles. The number of ether oxygens (including phenoxy) is 4. The molecule has 2 rings (SSSR count). The number of sulfone groups is 1. The fourth-order valence-corrected chi connectivity index (χ4v) is 3.80. The number of amides is 1. The lowest BCUT2D eigenvalue weighted by Crippen LogP contribution is -2.27. The summed E-state index contributed by atoms with van der Waals surface area (Å²) in [5.74, 6) is -1.68. The first-order valence-electron chi connectivity index (χ1n) is 8.70. The van der Waals surface area contributed by atoms with Gasteiger partial charge in [0.25, 0.3) is 0 Å². The van der Waals surface area contributed by atoms with E-state index in [1.54, 1.807) is 12.1 Å². The number of carbonyl (C=O) groups is 2. The van der Waals surface area contributed by atoms with Gasteiger partial charge >= 0.3 is 0 Å². The summed E-state index contributed by atoms with van der Waals surface area (Å²) >= 11 is 0. The summed E-state index contributed by atoms with van der Waals surface area (Å²) in [5, 5.41) is 2.47. The molecule has 0 heterocycles. The van der Waals surface area contributed by atoms with Crippen LogP contribution < -0.4 is 24.3 Å². The molecule has 162 valence electrons. The first-order chi connectivity index (χ1) is 14.2. The molecule has 0 aliphatic heterocycles. The summed E-state index contributed by atoms with van der Waals surface area (Å²) in [6.45, 7) is 0. The van der Waals surface area contributed by atoms with E-state index in [0.29, 0.717) is 22.9 Å². The molecule has 0 fully saturated rings. The molecule has 10 heteroatoms. The number of Topliss-reactive ketones (excluding diaryl/α,β-unsaturated/α-hetero) is 1. The summed E-state index contributed by atoms with van der Waals surface area (Å²) in [4.78, 5) is 24.7. The lowest BCUT2D eigenvalue weighted by Gasteiger charge is -2.11. The minimum atomic E-state index is -4.02. The molecule has 0 radical (unpaired) electrons. The van der Waals surface area contributed by atoms with Gasteiger partial charge in [0.05, 0.1) is 34.0 Å². The standard InChI is InChI=1S/C20H23NO8S/c1-26-14-6-7-15(18(10-14)28-3)16(22)11-30(24,25)12-20(23)21-13-5-8-17(27-2)19(9-13)29-4/h5-10H,11-12H2,1-4H3,(H,21,23). The van der Waals surface area contributed by atoms with E-state index in [-0.39, 0.29) is 11.3 Å². The van der Waals surface area contributed by atoms with Crippen LogP contribution in [0.4, 0.5) is 5.69 Å². The normalized spacial score (nSPS) is 10.8. The Kier molecular flexibility index (Phi) is 7.65. The van der Waals surface area contributed by atoms with Crippen LogP contribution in [-0.4, -0.2) is 60.1 Å². The molecule has 0 bridgehead atoms. The van der Waals surface area contributed by atoms with E-state index in [1.165, 1.54) is 52.7 Å². The van der Waals surface area contributed by atoms with Crippen LogP contribution >= 0.6 is 0 Å². The molecule has 1 amide bonds. The Morgan fingerprint density at radius 1 is 0.800 bits per heavy atom. The topological polar surface area (TPSA) is 117 Å². The van der Waals surface area contributed by atoms with Gasteiger partial charge in [0.2, 0.25) is 5.91 Å². The summed E-state index contributed by atoms with van der Waals surface area (Å²) < 4.78 is 45.2. The van der Waals surface area contributed by atoms with Gasteiger partial charge in [-0.2, -0.15) is 0 Å². The van der Waals surface area contributed by atoms with Gasteiger partial charge in [0.15, 0.2) is 27.1 Å². The Morgan fingerprint density at radius 3 is 2.07 bits per heavy atom. The van der Waals surface area contributed by atoms with Gasteiger partial charge in [-0.1, -0.05) is 0 Å². The van der Waals surface area contributed by atoms with E-state index < -0.39 is 33.0 Å². The lowest BCUT2D eigenvalue weighted by molar-refractivity contribution is -0.113. The maximum Gasteiger partial charge on any atom is 0.239 e. The molecule has 9 nitrogen and oxygen atoms in total. The number of methoxy groups -OCH3 is 4. The molecule has 0 aliphatic rings. The number of carbonyl (C=O) groups excluding carboxylic acids is 2. The van der Waals surface area contributed by atoms with Gasteiger partial charge in [-0.05, 0) is 24.3 Å². The third-order valence-corrected chi connectivity index (χ3v) is 5.48. The average Bonchev–Trinajstić information content (AvgIpc) is 2.71. The Hall–Kier alpha value is -3.27. The molecule has 2 aromatic carbocycles. The Bertz CT molecular complexity index is 1030. The zero-order valence-electron chi connectivity index (χ0n) is 17.1. The molecule has 1 N–H and O–H groups in total. The number of hydrogen-bond donors (Lipinski definition) is 1. The van der Waals surface area contributed by atoms with Crippen molar-refractivity contribution in [1.82, 2.24) is 0 Å². The minimum absolute atomic E-state index is 0.0853. The van der Waals surface area contributed by atoms with Crippen molar-refractivity contribution in [2.75, 3.05) is 45.3 Å². The van der Waals surface area contributed by atoms with Gasteiger partial charge in [-0.25, -0.2) is 8.42 Å². The molecule has 0 unspecified atom stereocenters.